The summed E-state index contributed by atoms with van der Waals surface area (Å²) >= 11 is 0. The number of aliphatic carboxylic acids is 1. The normalized spacial score (nSPS) is 21.9. The first-order chi connectivity index (χ1) is 13.3. The van der Waals surface area contributed by atoms with Gasteiger partial charge in [0.05, 0.1) is 24.0 Å². The van der Waals surface area contributed by atoms with Crippen LogP contribution in [0.4, 0.5) is 0 Å². The SMILES string of the molecule is CC(C(=O)O)[C@@H](CCCC1CCCCC1)c1nc(C2CN(S(C)(=O)=O)C2)no1. The van der Waals surface area contributed by atoms with Crippen LogP contribution in [0.3, 0.4) is 0 Å². The molecule has 9 heteroatoms. The van der Waals surface area contributed by atoms with Crippen molar-refractivity contribution < 1.29 is 22.8 Å². The first-order valence-electron chi connectivity index (χ1n) is 10.3. The van der Waals surface area contributed by atoms with Gasteiger partial charge in [0, 0.05) is 13.1 Å². The van der Waals surface area contributed by atoms with Crippen LogP contribution >= 0.6 is 0 Å². The third-order valence-electron chi connectivity index (χ3n) is 6.30. The molecule has 1 unspecified atom stereocenters. The number of aromatic nitrogens is 2. The Morgan fingerprint density at radius 3 is 2.57 bits per heavy atom. The van der Waals surface area contributed by atoms with E-state index in [4.69, 9.17) is 4.52 Å². The van der Waals surface area contributed by atoms with Crippen molar-refractivity contribution in [2.75, 3.05) is 19.3 Å². The van der Waals surface area contributed by atoms with Crippen molar-refractivity contribution in [1.29, 1.82) is 0 Å². The van der Waals surface area contributed by atoms with E-state index in [9.17, 15) is 18.3 Å². The minimum absolute atomic E-state index is 0.0877. The summed E-state index contributed by atoms with van der Waals surface area (Å²) in [6.07, 6.45) is 10.5. The molecule has 8 nitrogen and oxygen atoms in total. The van der Waals surface area contributed by atoms with Crippen LogP contribution in [0.15, 0.2) is 4.52 Å². The summed E-state index contributed by atoms with van der Waals surface area (Å²) in [5.41, 5.74) is 0. The Kier molecular flexibility index (Phi) is 6.75. The van der Waals surface area contributed by atoms with Gasteiger partial charge in [-0.2, -0.15) is 4.98 Å². The molecule has 1 N–H and O–H groups in total. The molecule has 0 aromatic carbocycles. The van der Waals surface area contributed by atoms with Crippen molar-refractivity contribution in [2.24, 2.45) is 11.8 Å². The van der Waals surface area contributed by atoms with Crippen LogP contribution < -0.4 is 0 Å². The van der Waals surface area contributed by atoms with E-state index in [0.717, 1.165) is 18.8 Å². The van der Waals surface area contributed by atoms with Crippen molar-refractivity contribution >= 4 is 16.0 Å². The minimum Gasteiger partial charge on any atom is -0.481 e. The highest BCUT2D eigenvalue weighted by Gasteiger charge is 2.38. The van der Waals surface area contributed by atoms with Gasteiger partial charge in [0.1, 0.15) is 0 Å². The summed E-state index contributed by atoms with van der Waals surface area (Å²) < 4.78 is 29.8. The molecule has 0 amide bonds. The molecule has 28 heavy (non-hydrogen) atoms. The molecule has 1 aliphatic carbocycles. The molecule has 2 aliphatic rings. The summed E-state index contributed by atoms with van der Waals surface area (Å²) in [5.74, 6) is -0.271. The quantitative estimate of drug-likeness (QED) is 0.662. The van der Waals surface area contributed by atoms with E-state index in [1.807, 2.05) is 0 Å². The largest absolute Gasteiger partial charge is 0.481 e. The number of sulfonamides is 1. The number of nitrogens with zero attached hydrogens (tertiary/aromatic N) is 3. The Balaban J connectivity index is 1.60. The van der Waals surface area contributed by atoms with Crippen molar-refractivity contribution in [3.05, 3.63) is 11.7 Å². The van der Waals surface area contributed by atoms with Crippen LogP contribution in [0, 0.1) is 11.8 Å². The van der Waals surface area contributed by atoms with E-state index < -0.39 is 21.9 Å². The summed E-state index contributed by atoms with van der Waals surface area (Å²) in [6, 6.07) is 0. The van der Waals surface area contributed by atoms with Crippen LogP contribution in [0.25, 0.3) is 0 Å². The lowest BCUT2D eigenvalue weighted by Gasteiger charge is -2.34. The van der Waals surface area contributed by atoms with Gasteiger partial charge >= 0.3 is 5.97 Å². The fraction of sp³-hybridized carbons (Fsp3) is 0.842. The smallest absolute Gasteiger partial charge is 0.307 e. The number of carboxylic acid groups (broad SMARTS) is 1. The van der Waals surface area contributed by atoms with Crippen molar-refractivity contribution in [3.63, 3.8) is 0 Å². The minimum atomic E-state index is -3.19. The van der Waals surface area contributed by atoms with E-state index in [0.29, 0.717) is 31.2 Å². The van der Waals surface area contributed by atoms with E-state index in [1.54, 1.807) is 6.92 Å². The molecule has 2 atom stereocenters. The Hall–Kier alpha value is -1.48. The maximum Gasteiger partial charge on any atom is 0.307 e. The maximum atomic E-state index is 11.6. The van der Waals surface area contributed by atoms with Crippen LogP contribution in [-0.4, -0.2) is 53.3 Å². The molecule has 3 rings (SSSR count). The Bertz CT molecular complexity index is 766. The lowest BCUT2D eigenvalue weighted by Crippen LogP contribution is -2.48. The second-order valence-corrected chi connectivity index (χ2v) is 10.4. The molecule has 2 fully saturated rings. The van der Waals surface area contributed by atoms with Crippen molar-refractivity contribution in [2.45, 2.75) is 70.1 Å². The molecule has 1 saturated carbocycles. The van der Waals surface area contributed by atoms with Gasteiger partial charge in [-0.25, -0.2) is 12.7 Å². The highest BCUT2D eigenvalue weighted by Crippen LogP contribution is 2.34. The van der Waals surface area contributed by atoms with E-state index in [2.05, 4.69) is 10.1 Å². The van der Waals surface area contributed by atoms with Crippen LogP contribution in [0.2, 0.25) is 0 Å². The third-order valence-corrected chi connectivity index (χ3v) is 7.54. The first-order valence-corrected chi connectivity index (χ1v) is 12.1. The molecular weight excluding hydrogens is 382 g/mol. The van der Waals surface area contributed by atoms with Crippen LogP contribution in [0.5, 0.6) is 0 Å². The predicted octanol–water partition coefficient (Wildman–Crippen LogP) is 2.98. The number of rotatable bonds is 9. The fourth-order valence-electron chi connectivity index (χ4n) is 4.30. The Morgan fingerprint density at radius 2 is 1.96 bits per heavy atom. The highest BCUT2D eigenvalue weighted by molar-refractivity contribution is 7.88. The second-order valence-electron chi connectivity index (χ2n) is 8.44. The molecule has 1 aliphatic heterocycles. The van der Waals surface area contributed by atoms with E-state index in [-0.39, 0.29) is 11.8 Å². The summed E-state index contributed by atoms with van der Waals surface area (Å²) in [4.78, 5) is 16.0. The molecule has 0 spiro atoms. The van der Waals surface area contributed by atoms with Crippen molar-refractivity contribution in [3.8, 4) is 0 Å². The third kappa shape index (κ3) is 5.11. The van der Waals surface area contributed by atoms with Gasteiger partial charge in [-0.05, 0) is 12.3 Å². The Labute approximate surface area is 166 Å². The second kappa shape index (κ2) is 8.90. The van der Waals surface area contributed by atoms with Gasteiger partial charge in [-0.1, -0.05) is 57.0 Å². The van der Waals surface area contributed by atoms with Crippen LogP contribution in [0.1, 0.15) is 81.8 Å². The van der Waals surface area contributed by atoms with Gasteiger partial charge in [-0.15, -0.1) is 0 Å². The van der Waals surface area contributed by atoms with Gasteiger partial charge in [-0.3, -0.25) is 4.79 Å². The van der Waals surface area contributed by atoms with Gasteiger partial charge in [0.15, 0.2) is 5.82 Å². The van der Waals surface area contributed by atoms with Crippen LogP contribution in [-0.2, 0) is 14.8 Å². The average molecular weight is 414 g/mol. The topological polar surface area (TPSA) is 114 Å². The molecular formula is C19H31N3O5S. The monoisotopic (exact) mass is 413 g/mol. The molecule has 0 bridgehead atoms. The summed E-state index contributed by atoms with van der Waals surface area (Å²) in [7, 11) is -3.19. The van der Waals surface area contributed by atoms with E-state index in [1.165, 1.54) is 42.7 Å². The molecule has 0 radical (unpaired) electrons. The highest BCUT2D eigenvalue weighted by atomic mass is 32.2. The van der Waals surface area contributed by atoms with Crippen molar-refractivity contribution in [1.82, 2.24) is 14.4 Å². The summed E-state index contributed by atoms with van der Waals surface area (Å²) in [5, 5.41) is 13.5. The Morgan fingerprint density at radius 1 is 1.29 bits per heavy atom. The number of hydrogen-bond donors (Lipinski definition) is 1. The average Bonchev–Trinajstić information content (AvgIpc) is 3.05. The summed E-state index contributed by atoms with van der Waals surface area (Å²) in [6.45, 7) is 2.38. The van der Waals surface area contributed by atoms with E-state index >= 15 is 0 Å². The predicted molar refractivity (Wildman–Crippen MR) is 103 cm³/mol. The van der Waals surface area contributed by atoms with Gasteiger partial charge in [0.25, 0.3) is 0 Å². The fourth-order valence-corrected chi connectivity index (χ4v) is 5.20. The molecule has 1 aromatic rings. The molecule has 1 aromatic heterocycles. The van der Waals surface area contributed by atoms with Gasteiger partial charge < -0.3 is 9.63 Å². The zero-order valence-corrected chi connectivity index (χ0v) is 17.5. The first kappa shape index (κ1) is 21.2. The number of hydrogen-bond acceptors (Lipinski definition) is 6. The molecule has 2 heterocycles. The molecule has 1 saturated heterocycles. The zero-order chi connectivity index (χ0) is 20.3. The lowest BCUT2D eigenvalue weighted by molar-refractivity contribution is -0.142. The lowest BCUT2D eigenvalue weighted by atomic mass is 9.83. The zero-order valence-electron chi connectivity index (χ0n) is 16.7. The molecule has 158 valence electrons. The number of carboxylic acids is 1. The van der Waals surface area contributed by atoms with Gasteiger partial charge in [0.2, 0.25) is 15.9 Å². The standard InChI is InChI=1S/C19H31N3O5S/c1-13(19(23)24)16(10-6-9-14-7-4-3-5-8-14)18-20-17(21-27-18)15-11-22(12-15)28(2,25)26/h13-16H,3-12H2,1-2H3,(H,23,24)/t13?,16-/m1/s1. The maximum absolute atomic E-state index is 11.6. The number of carbonyl (C=O) groups is 1.